The fourth-order valence-corrected chi connectivity index (χ4v) is 4.94. The van der Waals surface area contributed by atoms with Crippen molar-refractivity contribution in [2.75, 3.05) is 32.4 Å². The highest BCUT2D eigenvalue weighted by molar-refractivity contribution is 14.0. The molecular weight excluding hydrogens is 483 g/mol. The molecule has 2 fully saturated rings. The van der Waals surface area contributed by atoms with E-state index in [0.29, 0.717) is 17.6 Å². The van der Waals surface area contributed by atoms with Gasteiger partial charge in [0.15, 0.2) is 5.96 Å². The quantitative estimate of drug-likeness (QED) is 0.370. The van der Waals surface area contributed by atoms with Gasteiger partial charge in [0, 0.05) is 57.2 Å². The van der Waals surface area contributed by atoms with Crippen LogP contribution in [0.2, 0.25) is 0 Å². The van der Waals surface area contributed by atoms with Gasteiger partial charge < -0.3 is 15.1 Å². The van der Waals surface area contributed by atoms with E-state index in [1.54, 1.807) is 0 Å². The van der Waals surface area contributed by atoms with Gasteiger partial charge in [-0.05, 0) is 23.5 Å². The van der Waals surface area contributed by atoms with Crippen LogP contribution in [0.1, 0.15) is 37.8 Å². The number of guanidine groups is 1. The molecule has 0 bridgehead atoms. The molecule has 0 spiro atoms. The number of likely N-dealkylation sites (tertiary alicyclic amines) is 1. The lowest BCUT2D eigenvalue weighted by Gasteiger charge is -2.36. The number of rotatable bonds is 5. The molecule has 28 heavy (non-hydrogen) atoms. The lowest BCUT2D eigenvalue weighted by atomic mass is 10.1. The SMILES string of the molecule is CN=C(NCc1ccc(CN2CCCC2=O)cc1)N1CCSC(C(C)C)C1.I. The first-order valence-corrected chi connectivity index (χ1v) is 11.0. The summed E-state index contributed by atoms with van der Waals surface area (Å²) < 4.78 is 0. The van der Waals surface area contributed by atoms with Crippen molar-refractivity contribution in [3.05, 3.63) is 35.4 Å². The van der Waals surface area contributed by atoms with Crippen molar-refractivity contribution in [1.29, 1.82) is 0 Å². The van der Waals surface area contributed by atoms with Crippen LogP contribution < -0.4 is 5.32 Å². The van der Waals surface area contributed by atoms with Crippen LogP contribution in [-0.2, 0) is 17.9 Å². The van der Waals surface area contributed by atoms with Crippen molar-refractivity contribution in [3.63, 3.8) is 0 Å². The molecule has 0 saturated carbocycles. The van der Waals surface area contributed by atoms with Gasteiger partial charge in [-0.3, -0.25) is 9.79 Å². The Morgan fingerprint density at radius 2 is 1.96 bits per heavy atom. The summed E-state index contributed by atoms with van der Waals surface area (Å²) >= 11 is 2.08. The monoisotopic (exact) mass is 516 g/mol. The van der Waals surface area contributed by atoms with Crippen LogP contribution in [0.25, 0.3) is 0 Å². The number of benzene rings is 1. The van der Waals surface area contributed by atoms with Crippen LogP contribution in [0.15, 0.2) is 29.3 Å². The van der Waals surface area contributed by atoms with Crippen molar-refractivity contribution in [1.82, 2.24) is 15.1 Å². The van der Waals surface area contributed by atoms with Gasteiger partial charge in [0.25, 0.3) is 0 Å². The highest BCUT2D eigenvalue weighted by atomic mass is 127. The zero-order valence-corrected chi connectivity index (χ0v) is 20.3. The molecule has 1 amide bonds. The van der Waals surface area contributed by atoms with Crippen LogP contribution in [0.5, 0.6) is 0 Å². The predicted octanol–water partition coefficient (Wildman–Crippen LogP) is 3.58. The van der Waals surface area contributed by atoms with E-state index >= 15 is 0 Å². The fourth-order valence-electron chi connectivity index (χ4n) is 3.64. The fraction of sp³-hybridized carbons (Fsp3) is 0.619. The molecule has 1 N–H and O–H groups in total. The molecule has 1 aromatic rings. The molecule has 2 aliphatic rings. The van der Waals surface area contributed by atoms with E-state index in [2.05, 4.69) is 65.1 Å². The van der Waals surface area contributed by atoms with Crippen LogP contribution >= 0.6 is 35.7 Å². The molecule has 7 heteroatoms. The van der Waals surface area contributed by atoms with E-state index in [-0.39, 0.29) is 29.9 Å². The van der Waals surface area contributed by atoms with Gasteiger partial charge in [-0.25, -0.2) is 0 Å². The third-order valence-corrected chi connectivity index (χ3v) is 6.91. The zero-order valence-electron chi connectivity index (χ0n) is 17.2. The largest absolute Gasteiger partial charge is 0.352 e. The number of hydrogen-bond donors (Lipinski definition) is 1. The Balaban J connectivity index is 0.00000280. The van der Waals surface area contributed by atoms with Crippen LogP contribution in [0, 0.1) is 5.92 Å². The Bertz CT molecular complexity index is 665. The maximum absolute atomic E-state index is 11.8. The molecule has 0 aliphatic carbocycles. The molecule has 1 atom stereocenters. The molecule has 2 aliphatic heterocycles. The maximum atomic E-state index is 11.8. The average molecular weight is 516 g/mol. The smallest absolute Gasteiger partial charge is 0.222 e. The Hall–Kier alpha value is -0.960. The van der Waals surface area contributed by atoms with Gasteiger partial charge in [0.2, 0.25) is 5.91 Å². The molecule has 1 aromatic carbocycles. The number of aliphatic imine (C=N–C) groups is 1. The summed E-state index contributed by atoms with van der Waals surface area (Å²) in [7, 11) is 1.87. The molecule has 1 unspecified atom stereocenters. The third kappa shape index (κ3) is 6.27. The minimum Gasteiger partial charge on any atom is -0.352 e. The number of nitrogens with one attached hydrogen (secondary N) is 1. The normalized spacial score (nSPS) is 20.5. The minimum atomic E-state index is 0. The Kier molecular flexibility index (Phi) is 9.40. The summed E-state index contributed by atoms with van der Waals surface area (Å²) in [4.78, 5) is 20.6. The molecule has 2 heterocycles. The number of nitrogens with zero attached hydrogens (tertiary/aromatic N) is 3. The molecule has 2 saturated heterocycles. The van der Waals surface area contributed by atoms with E-state index in [4.69, 9.17) is 0 Å². The molecule has 0 aromatic heterocycles. The van der Waals surface area contributed by atoms with Crippen molar-refractivity contribution < 1.29 is 4.79 Å². The number of thioether (sulfide) groups is 1. The number of hydrogen-bond acceptors (Lipinski definition) is 3. The van der Waals surface area contributed by atoms with Crippen LogP contribution in [0.4, 0.5) is 0 Å². The number of halogens is 1. The first kappa shape index (κ1) is 23.3. The third-order valence-electron chi connectivity index (χ3n) is 5.37. The summed E-state index contributed by atoms with van der Waals surface area (Å²) in [6.45, 7) is 9.11. The zero-order chi connectivity index (χ0) is 19.2. The number of carbonyl (C=O) groups is 1. The summed E-state index contributed by atoms with van der Waals surface area (Å²) in [5.74, 6) is 3.12. The Morgan fingerprint density at radius 1 is 1.25 bits per heavy atom. The second kappa shape index (κ2) is 11.3. The molecule has 0 radical (unpaired) electrons. The minimum absolute atomic E-state index is 0. The van der Waals surface area contributed by atoms with Crippen molar-refractivity contribution >= 4 is 47.6 Å². The van der Waals surface area contributed by atoms with Gasteiger partial charge in [-0.2, -0.15) is 11.8 Å². The van der Waals surface area contributed by atoms with Gasteiger partial charge in [-0.1, -0.05) is 38.1 Å². The summed E-state index contributed by atoms with van der Waals surface area (Å²) in [5, 5.41) is 4.19. The number of amides is 1. The molecule has 5 nitrogen and oxygen atoms in total. The van der Waals surface area contributed by atoms with Gasteiger partial charge in [0.1, 0.15) is 0 Å². The number of carbonyl (C=O) groups excluding carboxylic acids is 1. The first-order chi connectivity index (χ1) is 13.1. The van der Waals surface area contributed by atoms with Crippen LogP contribution in [-0.4, -0.2) is 59.4 Å². The Morgan fingerprint density at radius 3 is 2.57 bits per heavy atom. The summed E-state index contributed by atoms with van der Waals surface area (Å²) in [5.41, 5.74) is 2.44. The molecular formula is C21H33IN4OS. The van der Waals surface area contributed by atoms with Gasteiger partial charge in [0.05, 0.1) is 0 Å². The van der Waals surface area contributed by atoms with E-state index in [1.807, 2.05) is 11.9 Å². The van der Waals surface area contributed by atoms with Gasteiger partial charge in [-0.15, -0.1) is 24.0 Å². The molecule has 3 rings (SSSR count). The lowest BCUT2D eigenvalue weighted by Crippen LogP contribution is -2.48. The van der Waals surface area contributed by atoms with Crippen molar-refractivity contribution in [3.8, 4) is 0 Å². The van der Waals surface area contributed by atoms with E-state index < -0.39 is 0 Å². The molecule has 156 valence electrons. The maximum Gasteiger partial charge on any atom is 0.222 e. The lowest BCUT2D eigenvalue weighted by molar-refractivity contribution is -0.128. The van der Waals surface area contributed by atoms with Crippen LogP contribution in [0.3, 0.4) is 0 Å². The van der Waals surface area contributed by atoms with Gasteiger partial charge >= 0.3 is 0 Å². The second-order valence-corrected chi connectivity index (χ2v) is 9.08. The topological polar surface area (TPSA) is 47.9 Å². The predicted molar refractivity (Wildman–Crippen MR) is 129 cm³/mol. The van der Waals surface area contributed by atoms with E-state index in [9.17, 15) is 4.79 Å². The second-order valence-electron chi connectivity index (χ2n) is 7.74. The standard InChI is InChI=1S/C21H32N4OS.HI/c1-16(2)19-15-25(11-12-27-19)21(22-3)23-13-17-6-8-18(9-7-17)14-24-10-4-5-20(24)26;/h6-9,16,19H,4-5,10-15H2,1-3H3,(H,22,23);1H. The summed E-state index contributed by atoms with van der Waals surface area (Å²) in [6, 6.07) is 8.58. The van der Waals surface area contributed by atoms with E-state index in [1.165, 1.54) is 11.1 Å². The van der Waals surface area contributed by atoms with Crippen molar-refractivity contribution in [2.45, 2.75) is 45.0 Å². The highest BCUT2D eigenvalue weighted by Crippen LogP contribution is 2.25. The Labute approximate surface area is 190 Å². The highest BCUT2D eigenvalue weighted by Gasteiger charge is 2.24. The van der Waals surface area contributed by atoms with E-state index in [0.717, 1.165) is 50.9 Å². The average Bonchev–Trinajstić information content (AvgIpc) is 3.08. The summed E-state index contributed by atoms with van der Waals surface area (Å²) in [6.07, 6.45) is 1.69. The van der Waals surface area contributed by atoms with Crippen molar-refractivity contribution in [2.24, 2.45) is 10.9 Å². The first-order valence-electron chi connectivity index (χ1n) is 9.99.